The zero-order valence-electron chi connectivity index (χ0n) is 17.6. The second-order valence-corrected chi connectivity index (χ2v) is 8.06. The Labute approximate surface area is 187 Å². The Hall–Kier alpha value is -2.38. The molecule has 1 aromatic carbocycles. The van der Waals surface area contributed by atoms with E-state index in [1.807, 2.05) is 0 Å². The topological polar surface area (TPSA) is 123 Å². The maximum Gasteiger partial charge on any atom is 0.320 e. The monoisotopic (exact) mass is 453 g/mol. The molecule has 2 aliphatic rings. The summed E-state index contributed by atoms with van der Waals surface area (Å²) < 4.78 is 10.9. The maximum atomic E-state index is 12.9. The third-order valence-corrected chi connectivity index (χ3v) is 5.43. The number of amides is 1. The fourth-order valence-corrected chi connectivity index (χ4v) is 3.82. The standard InChI is InChI=1S/C21H27N3O6.ClH/c1-21(2)20(28)19(15-10-14(11-22)4-5-16(15)30-21)24-7-6-23(12-17(24)26)13-18(27)29-9-3-8-25;/h4-5,10,19-20,25,28H,3,6-9,12-13H2,1-2H3;1H/t19-,20+;/m1./s1. The lowest BCUT2D eigenvalue weighted by molar-refractivity contribution is -0.153. The minimum atomic E-state index is -0.988. The van der Waals surface area contributed by atoms with Gasteiger partial charge < -0.3 is 24.6 Å². The van der Waals surface area contributed by atoms with Crippen molar-refractivity contribution in [1.82, 2.24) is 9.80 Å². The van der Waals surface area contributed by atoms with Crippen LogP contribution in [-0.4, -0.2) is 83.0 Å². The number of nitriles is 1. The van der Waals surface area contributed by atoms with Gasteiger partial charge in [0.15, 0.2) is 0 Å². The number of benzene rings is 1. The van der Waals surface area contributed by atoms with Crippen molar-refractivity contribution in [3.63, 3.8) is 0 Å². The van der Waals surface area contributed by atoms with E-state index in [4.69, 9.17) is 14.6 Å². The Bertz CT molecular complexity index is 856. The normalized spacial score (nSPS) is 22.5. The number of aliphatic hydroxyl groups excluding tert-OH is 2. The summed E-state index contributed by atoms with van der Waals surface area (Å²) in [5, 5.41) is 29.0. The lowest BCUT2D eigenvalue weighted by Gasteiger charge is -2.48. The summed E-state index contributed by atoms with van der Waals surface area (Å²) in [4.78, 5) is 28.1. The number of fused-ring (bicyclic) bond motifs is 1. The quantitative estimate of drug-likeness (QED) is 0.474. The van der Waals surface area contributed by atoms with Gasteiger partial charge in [-0.05, 0) is 32.0 Å². The van der Waals surface area contributed by atoms with Crippen molar-refractivity contribution in [2.75, 3.05) is 39.4 Å². The van der Waals surface area contributed by atoms with Crippen molar-refractivity contribution in [2.24, 2.45) is 0 Å². The minimum absolute atomic E-state index is 0. The lowest BCUT2D eigenvalue weighted by atomic mass is 9.84. The molecule has 0 aromatic heterocycles. The van der Waals surface area contributed by atoms with E-state index < -0.39 is 23.7 Å². The molecule has 2 N–H and O–H groups in total. The Morgan fingerprint density at radius 2 is 2.13 bits per heavy atom. The van der Waals surface area contributed by atoms with E-state index in [0.29, 0.717) is 36.4 Å². The molecule has 0 aliphatic carbocycles. The number of esters is 1. The van der Waals surface area contributed by atoms with Crippen molar-refractivity contribution in [3.8, 4) is 11.8 Å². The van der Waals surface area contributed by atoms with E-state index in [2.05, 4.69) is 6.07 Å². The Balaban J connectivity index is 0.00000341. The molecule has 1 saturated heterocycles. The number of hydrogen-bond acceptors (Lipinski definition) is 8. The molecule has 0 radical (unpaired) electrons. The number of aliphatic hydroxyl groups is 2. The fraction of sp³-hybridized carbons (Fsp3) is 0.571. The summed E-state index contributed by atoms with van der Waals surface area (Å²) in [6, 6.07) is 6.42. The summed E-state index contributed by atoms with van der Waals surface area (Å²) in [5.41, 5.74) is 0.108. The molecule has 10 heteroatoms. The Morgan fingerprint density at radius 1 is 1.39 bits per heavy atom. The van der Waals surface area contributed by atoms with Gasteiger partial charge in [0.05, 0.1) is 37.4 Å². The van der Waals surface area contributed by atoms with Gasteiger partial charge in [0.25, 0.3) is 0 Å². The van der Waals surface area contributed by atoms with Crippen LogP contribution >= 0.6 is 12.4 Å². The zero-order chi connectivity index (χ0) is 21.9. The number of rotatable bonds is 6. The van der Waals surface area contributed by atoms with Crippen molar-refractivity contribution in [3.05, 3.63) is 29.3 Å². The number of halogens is 1. The van der Waals surface area contributed by atoms with Crippen molar-refractivity contribution < 1.29 is 29.3 Å². The van der Waals surface area contributed by atoms with Crippen LogP contribution < -0.4 is 4.74 Å². The Morgan fingerprint density at radius 3 is 2.77 bits per heavy atom. The second kappa shape index (κ2) is 10.3. The van der Waals surface area contributed by atoms with Gasteiger partial charge in [-0.15, -0.1) is 12.4 Å². The van der Waals surface area contributed by atoms with Crippen LogP contribution in [0.25, 0.3) is 0 Å². The molecule has 0 unspecified atom stereocenters. The van der Waals surface area contributed by atoms with Gasteiger partial charge >= 0.3 is 5.97 Å². The zero-order valence-corrected chi connectivity index (χ0v) is 18.4. The van der Waals surface area contributed by atoms with Crippen LogP contribution in [0.1, 0.15) is 37.4 Å². The summed E-state index contributed by atoms with van der Waals surface area (Å²) in [6.07, 6.45) is -0.613. The van der Waals surface area contributed by atoms with E-state index in [-0.39, 0.29) is 44.6 Å². The molecule has 0 spiro atoms. The lowest BCUT2D eigenvalue weighted by Crippen LogP contribution is -2.59. The Kier molecular flexibility index (Phi) is 8.26. The molecule has 2 atom stereocenters. The summed E-state index contributed by atoms with van der Waals surface area (Å²) in [6.45, 7) is 4.38. The van der Waals surface area contributed by atoms with Gasteiger partial charge in [-0.3, -0.25) is 14.5 Å². The van der Waals surface area contributed by atoms with Crippen molar-refractivity contribution >= 4 is 24.3 Å². The first kappa shape index (κ1) is 24.9. The number of nitrogens with zero attached hydrogens (tertiary/aromatic N) is 3. The maximum absolute atomic E-state index is 12.9. The number of carbonyl (C=O) groups is 2. The second-order valence-electron chi connectivity index (χ2n) is 8.06. The van der Waals surface area contributed by atoms with E-state index in [1.165, 1.54) is 0 Å². The minimum Gasteiger partial charge on any atom is -0.485 e. The van der Waals surface area contributed by atoms with Crippen molar-refractivity contribution in [2.45, 2.75) is 38.0 Å². The highest BCUT2D eigenvalue weighted by Gasteiger charge is 2.47. The highest BCUT2D eigenvalue weighted by atomic mass is 35.5. The average molecular weight is 454 g/mol. The molecule has 3 rings (SSSR count). The largest absolute Gasteiger partial charge is 0.485 e. The predicted molar refractivity (Wildman–Crippen MR) is 113 cm³/mol. The first-order valence-corrected chi connectivity index (χ1v) is 9.96. The van der Waals surface area contributed by atoms with Gasteiger partial charge in [-0.1, -0.05) is 0 Å². The van der Waals surface area contributed by atoms with Gasteiger partial charge in [-0.25, -0.2) is 0 Å². The molecule has 0 bridgehead atoms. The average Bonchev–Trinajstić information content (AvgIpc) is 2.70. The fourth-order valence-electron chi connectivity index (χ4n) is 3.82. The number of carbonyl (C=O) groups excluding carboxylic acids is 2. The molecule has 2 aliphatic heterocycles. The molecule has 1 fully saturated rings. The van der Waals surface area contributed by atoms with Crippen LogP contribution in [0.5, 0.6) is 5.75 Å². The van der Waals surface area contributed by atoms with Gasteiger partial charge in [0.2, 0.25) is 5.91 Å². The van der Waals surface area contributed by atoms with Crippen LogP contribution in [-0.2, 0) is 14.3 Å². The number of hydrogen-bond donors (Lipinski definition) is 2. The first-order valence-electron chi connectivity index (χ1n) is 9.96. The highest BCUT2D eigenvalue weighted by Crippen LogP contribution is 2.43. The van der Waals surface area contributed by atoms with Gasteiger partial charge in [0.1, 0.15) is 17.5 Å². The van der Waals surface area contributed by atoms with Crippen LogP contribution in [0.3, 0.4) is 0 Å². The molecule has 170 valence electrons. The van der Waals surface area contributed by atoms with Gasteiger partial charge in [0, 0.05) is 31.7 Å². The summed E-state index contributed by atoms with van der Waals surface area (Å²) in [5.74, 6) is -0.127. The van der Waals surface area contributed by atoms with Gasteiger partial charge in [-0.2, -0.15) is 5.26 Å². The predicted octanol–water partition coefficient (Wildman–Crippen LogP) is 0.623. The van der Waals surface area contributed by atoms with Crippen molar-refractivity contribution in [1.29, 1.82) is 5.26 Å². The molecular formula is C21H28ClN3O6. The molecular weight excluding hydrogens is 426 g/mol. The summed E-state index contributed by atoms with van der Waals surface area (Å²) in [7, 11) is 0. The highest BCUT2D eigenvalue weighted by molar-refractivity contribution is 5.85. The molecule has 0 saturated carbocycles. The van der Waals surface area contributed by atoms with E-state index in [1.54, 1.807) is 41.8 Å². The van der Waals surface area contributed by atoms with Crippen LogP contribution in [0.4, 0.5) is 0 Å². The van der Waals surface area contributed by atoms with E-state index in [0.717, 1.165) is 0 Å². The summed E-state index contributed by atoms with van der Waals surface area (Å²) >= 11 is 0. The molecule has 9 nitrogen and oxygen atoms in total. The number of ether oxygens (including phenoxy) is 2. The van der Waals surface area contributed by atoms with Crippen LogP contribution in [0.15, 0.2) is 18.2 Å². The van der Waals surface area contributed by atoms with E-state index in [9.17, 15) is 20.0 Å². The molecule has 2 heterocycles. The SMILES string of the molecule is CC1(C)Oc2ccc(C#N)cc2[C@@H](N2CCN(CC(=O)OCCCO)CC2=O)[C@@H]1O.Cl. The molecule has 31 heavy (non-hydrogen) atoms. The first-order chi connectivity index (χ1) is 14.3. The molecule has 1 amide bonds. The smallest absolute Gasteiger partial charge is 0.320 e. The van der Waals surface area contributed by atoms with Crippen LogP contribution in [0, 0.1) is 11.3 Å². The van der Waals surface area contributed by atoms with E-state index >= 15 is 0 Å². The third-order valence-electron chi connectivity index (χ3n) is 5.43. The third kappa shape index (κ3) is 5.46. The number of piperazine rings is 1. The van der Waals surface area contributed by atoms with Crippen LogP contribution in [0.2, 0.25) is 0 Å². The molecule has 1 aromatic rings.